The first-order valence-corrected chi connectivity index (χ1v) is 7.83. The van der Waals surface area contributed by atoms with Crippen molar-refractivity contribution in [2.75, 3.05) is 7.11 Å². The lowest BCUT2D eigenvalue weighted by molar-refractivity contribution is 0.294. The van der Waals surface area contributed by atoms with Gasteiger partial charge in [0.25, 0.3) is 0 Å². The van der Waals surface area contributed by atoms with Crippen LogP contribution < -0.4 is 15.2 Å². The summed E-state index contributed by atoms with van der Waals surface area (Å²) in [6, 6.07) is 16.1. The van der Waals surface area contributed by atoms with Crippen LogP contribution in [-0.4, -0.2) is 11.7 Å². The molecule has 23 heavy (non-hydrogen) atoms. The number of aromatic nitrogens is 1. The van der Waals surface area contributed by atoms with Gasteiger partial charge in [-0.15, -0.1) is 0 Å². The van der Waals surface area contributed by atoms with Crippen molar-refractivity contribution in [3.05, 3.63) is 59.8 Å². The number of rotatable bonds is 6. The second-order valence-electron chi connectivity index (χ2n) is 5.41. The average molecular weight is 310 g/mol. The molecule has 0 saturated heterocycles. The Morgan fingerprint density at radius 1 is 1.04 bits per heavy atom. The Bertz CT molecular complexity index is 808. The van der Waals surface area contributed by atoms with E-state index in [9.17, 15) is 0 Å². The molecular formula is C19H22N2O2. The molecular weight excluding hydrogens is 288 g/mol. The van der Waals surface area contributed by atoms with Crippen molar-refractivity contribution >= 4 is 10.9 Å². The summed E-state index contributed by atoms with van der Waals surface area (Å²) in [5, 5.41) is 1.21. The van der Waals surface area contributed by atoms with Gasteiger partial charge in [-0.1, -0.05) is 24.3 Å². The Kier molecular flexibility index (Phi) is 4.53. The van der Waals surface area contributed by atoms with E-state index in [0.717, 1.165) is 29.3 Å². The zero-order valence-electron chi connectivity index (χ0n) is 13.6. The highest BCUT2D eigenvalue weighted by Gasteiger charge is 2.11. The van der Waals surface area contributed by atoms with Crippen LogP contribution in [0.2, 0.25) is 0 Å². The maximum Gasteiger partial charge on any atom is 0.128 e. The minimum atomic E-state index is 0.514. The second-order valence-corrected chi connectivity index (χ2v) is 5.41. The molecule has 0 aliphatic carbocycles. The van der Waals surface area contributed by atoms with Crippen molar-refractivity contribution in [1.29, 1.82) is 0 Å². The van der Waals surface area contributed by atoms with Gasteiger partial charge in [-0.25, -0.2) is 0 Å². The number of para-hydroxylation sites is 1. The quantitative estimate of drug-likeness (QED) is 0.755. The van der Waals surface area contributed by atoms with Gasteiger partial charge in [0.1, 0.15) is 18.1 Å². The van der Waals surface area contributed by atoms with E-state index in [4.69, 9.17) is 15.2 Å². The molecule has 2 N–H and O–H groups in total. The highest BCUT2D eigenvalue weighted by atomic mass is 16.5. The van der Waals surface area contributed by atoms with Crippen LogP contribution in [0.15, 0.2) is 48.5 Å². The highest BCUT2D eigenvalue weighted by Crippen LogP contribution is 2.25. The Hall–Kier alpha value is -2.46. The molecule has 0 amide bonds. The fourth-order valence-electron chi connectivity index (χ4n) is 2.95. The first kappa shape index (κ1) is 15.4. The van der Waals surface area contributed by atoms with Crippen LogP contribution in [0.1, 0.15) is 18.2 Å². The van der Waals surface area contributed by atoms with Gasteiger partial charge in [0.15, 0.2) is 0 Å². The third-order valence-corrected chi connectivity index (χ3v) is 4.05. The standard InChI is InChI=1S/C19H22N2O2/c1-3-21-16(10-14-6-4-7-15(12-20)19(14)21)13-23-18-9-5-8-17(11-18)22-2/h4-11H,3,12-13,20H2,1-2H3. The van der Waals surface area contributed by atoms with Crippen LogP contribution in [0.4, 0.5) is 0 Å². The van der Waals surface area contributed by atoms with Crippen molar-refractivity contribution < 1.29 is 9.47 Å². The van der Waals surface area contributed by atoms with E-state index in [1.54, 1.807) is 7.11 Å². The van der Waals surface area contributed by atoms with Crippen molar-refractivity contribution in [2.24, 2.45) is 5.73 Å². The monoisotopic (exact) mass is 310 g/mol. The number of aryl methyl sites for hydroxylation is 1. The summed E-state index contributed by atoms with van der Waals surface area (Å²) in [6.07, 6.45) is 0. The molecule has 3 aromatic rings. The van der Waals surface area contributed by atoms with Gasteiger partial charge in [-0.3, -0.25) is 0 Å². The SMILES string of the molecule is CCn1c(COc2cccc(OC)c2)cc2cccc(CN)c21. The Labute approximate surface area is 136 Å². The van der Waals surface area contributed by atoms with Gasteiger partial charge in [-0.2, -0.15) is 0 Å². The third kappa shape index (κ3) is 3.03. The lowest BCUT2D eigenvalue weighted by atomic mass is 10.1. The predicted molar refractivity (Wildman–Crippen MR) is 92.8 cm³/mol. The molecule has 1 heterocycles. The molecule has 0 bridgehead atoms. The van der Waals surface area contributed by atoms with Crippen LogP contribution >= 0.6 is 0 Å². The summed E-state index contributed by atoms with van der Waals surface area (Å²) in [4.78, 5) is 0. The number of hydrogen-bond acceptors (Lipinski definition) is 3. The number of nitrogens with zero attached hydrogens (tertiary/aromatic N) is 1. The van der Waals surface area contributed by atoms with Gasteiger partial charge in [0.05, 0.1) is 18.3 Å². The van der Waals surface area contributed by atoms with E-state index in [2.05, 4.69) is 35.8 Å². The summed E-state index contributed by atoms with van der Waals surface area (Å²) < 4.78 is 13.5. The molecule has 4 nitrogen and oxygen atoms in total. The third-order valence-electron chi connectivity index (χ3n) is 4.05. The maximum absolute atomic E-state index is 5.95. The van der Waals surface area contributed by atoms with E-state index in [-0.39, 0.29) is 0 Å². The normalized spacial score (nSPS) is 10.9. The minimum Gasteiger partial charge on any atom is -0.497 e. The molecule has 0 radical (unpaired) electrons. The largest absolute Gasteiger partial charge is 0.497 e. The second kappa shape index (κ2) is 6.75. The van der Waals surface area contributed by atoms with E-state index in [0.29, 0.717) is 13.2 Å². The fourth-order valence-corrected chi connectivity index (χ4v) is 2.95. The van der Waals surface area contributed by atoms with Crippen molar-refractivity contribution in [2.45, 2.75) is 26.6 Å². The first-order valence-electron chi connectivity index (χ1n) is 7.83. The van der Waals surface area contributed by atoms with E-state index >= 15 is 0 Å². The Morgan fingerprint density at radius 2 is 1.83 bits per heavy atom. The molecule has 1 aromatic heterocycles. The van der Waals surface area contributed by atoms with Crippen LogP contribution in [-0.2, 0) is 19.7 Å². The summed E-state index contributed by atoms with van der Waals surface area (Å²) in [5.41, 5.74) is 9.41. The minimum absolute atomic E-state index is 0.514. The van der Waals surface area contributed by atoms with Gasteiger partial charge in [0, 0.05) is 24.5 Å². The summed E-state index contributed by atoms with van der Waals surface area (Å²) in [5.74, 6) is 1.60. The molecule has 0 unspecified atom stereocenters. The van der Waals surface area contributed by atoms with Crippen LogP contribution in [0.3, 0.4) is 0 Å². The average Bonchev–Trinajstić information content (AvgIpc) is 2.97. The zero-order valence-corrected chi connectivity index (χ0v) is 13.6. The number of hydrogen-bond donors (Lipinski definition) is 1. The van der Waals surface area contributed by atoms with Crippen LogP contribution in [0.25, 0.3) is 10.9 Å². The van der Waals surface area contributed by atoms with Gasteiger partial charge in [-0.05, 0) is 30.7 Å². The Morgan fingerprint density at radius 3 is 2.57 bits per heavy atom. The maximum atomic E-state index is 5.95. The number of ether oxygens (including phenoxy) is 2. The van der Waals surface area contributed by atoms with Crippen molar-refractivity contribution in [3.63, 3.8) is 0 Å². The highest BCUT2D eigenvalue weighted by molar-refractivity contribution is 5.84. The van der Waals surface area contributed by atoms with Gasteiger partial charge >= 0.3 is 0 Å². The molecule has 4 heteroatoms. The topological polar surface area (TPSA) is 49.4 Å². The smallest absolute Gasteiger partial charge is 0.128 e. The van der Waals surface area contributed by atoms with Crippen LogP contribution in [0.5, 0.6) is 11.5 Å². The van der Waals surface area contributed by atoms with Gasteiger partial charge in [0.2, 0.25) is 0 Å². The number of methoxy groups -OCH3 is 1. The van der Waals surface area contributed by atoms with Crippen molar-refractivity contribution in [3.8, 4) is 11.5 Å². The summed E-state index contributed by atoms with van der Waals surface area (Å²) >= 11 is 0. The molecule has 3 rings (SSSR count). The molecule has 0 saturated carbocycles. The molecule has 0 spiro atoms. The molecule has 0 fully saturated rings. The lowest BCUT2D eigenvalue weighted by Crippen LogP contribution is -2.07. The number of benzene rings is 2. The molecule has 0 atom stereocenters. The van der Waals surface area contributed by atoms with Crippen molar-refractivity contribution in [1.82, 2.24) is 4.57 Å². The Balaban J connectivity index is 1.90. The summed E-state index contributed by atoms with van der Waals surface area (Å²) in [6.45, 7) is 4.08. The van der Waals surface area contributed by atoms with E-state index in [1.807, 2.05) is 24.3 Å². The van der Waals surface area contributed by atoms with Gasteiger partial charge < -0.3 is 19.8 Å². The van der Waals surface area contributed by atoms with Crippen LogP contribution in [0, 0.1) is 0 Å². The lowest BCUT2D eigenvalue weighted by Gasteiger charge is -2.12. The predicted octanol–water partition coefficient (Wildman–Crippen LogP) is 3.71. The fraction of sp³-hybridized carbons (Fsp3) is 0.263. The first-order chi connectivity index (χ1) is 11.3. The van der Waals surface area contributed by atoms with E-state index in [1.165, 1.54) is 10.9 Å². The number of fused-ring (bicyclic) bond motifs is 1. The molecule has 2 aromatic carbocycles. The zero-order chi connectivity index (χ0) is 16.2. The number of nitrogens with two attached hydrogens (primary N) is 1. The molecule has 0 aliphatic rings. The molecule has 120 valence electrons. The van der Waals surface area contributed by atoms with E-state index < -0.39 is 0 Å². The summed E-state index contributed by atoms with van der Waals surface area (Å²) in [7, 11) is 1.66. The molecule has 0 aliphatic heterocycles.